The lowest BCUT2D eigenvalue weighted by molar-refractivity contribution is 0.0685. The second kappa shape index (κ2) is 4.93. The predicted octanol–water partition coefficient (Wildman–Crippen LogP) is 2.18. The van der Waals surface area contributed by atoms with Crippen LogP contribution in [0.15, 0.2) is 30.5 Å². The first-order valence-corrected chi connectivity index (χ1v) is 5.37. The summed E-state index contributed by atoms with van der Waals surface area (Å²) in [6, 6.07) is 5.74. The summed E-state index contributed by atoms with van der Waals surface area (Å²) in [5.74, 6) is -2.45. The van der Waals surface area contributed by atoms with Gasteiger partial charge in [-0.1, -0.05) is 12.1 Å². The molecule has 5 nitrogen and oxygen atoms in total. The monoisotopic (exact) mass is 260 g/mol. The second-order valence-corrected chi connectivity index (χ2v) is 3.80. The molecule has 2 aromatic rings. The highest BCUT2D eigenvalue weighted by Crippen LogP contribution is 2.20. The largest absolute Gasteiger partial charge is 0.476 e. The smallest absolute Gasteiger partial charge is 0.355 e. The van der Waals surface area contributed by atoms with Gasteiger partial charge in [0.2, 0.25) is 0 Å². The van der Waals surface area contributed by atoms with E-state index in [1.165, 1.54) is 25.1 Å². The van der Waals surface area contributed by atoms with E-state index in [4.69, 9.17) is 5.11 Å². The molecule has 0 atom stereocenters. The van der Waals surface area contributed by atoms with Gasteiger partial charge in [-0.15, -0.1) is 0 Å². The van der Waals surface area contributed by atoms with Crippen LogP contribution < -0.4 is 0 Å². The molecule has 1 aromatic heterocycles. The van der Waals surface area contributed by atoms with Crippen molar-refractivity contribution < 1.29 is 19.1 Å². The highest BCUT2D eigenvalue weighted by Gasteiger charge is 2.18. The number of hydrogen-bond donors (Lipinski definition) is 1. The second-order valence-electron chi connectivity index (χ2n) is 3.80. The van der Waals surface area contributed by atoms with Crippen LogP contribution in [0.1, 0.15) is 27.8 Å². The van der Waals surface area contributed by atoms with Gasteiger partial charge in [-0.25, -0.2) is 19.2 Å². The average molecular weight is 260 g/mol. The molecule has 19 heavy (non-hydrogen) atoms. The lowest BCUT2D eigenvalue weighted by Gasteiger charge is -2.05. The fraction of sp³-hybridized carbons (Fsp3) is 0.0769. The summed E-state index contributed by atoms with van der Waals surface area (Å²) in [6.07, 6.45) is 1.10. The van der Waals surface area contributed by atoms with Gasteiger partial charge in [0.1, 0.15) is 5.82 Å². The van der Waals surface area contributed by atoms with Crippen LogP contribution in [-0.2, 0) is 0 Å². The molecule has 0 saturated carbocycles. The normalized spacial score (nSPS) is 10.2. The SMILES string of the molecule is CC(=O)c1cnc(-c2ccccc2F)nc1C(=O)O. The molecule has 1 aromatic carbocycles. The van der Waals surface area contributed by atoms with Crippen molar-refractivity contribution in [1.82, 2.24) is 9.97 Å². The average Bonchev–Trinajstić information content (AvgIpc) is 2.38. The predicted molar refractivity (Wildman–Crippen MR) is 64.4 cm³/mol. The number of Topliss-reactive ketones (excluding diaryl/α,β-unsaturated/α-hetero) is 1. The number of nitrogens with zero attached hydrogens (tertiary/aromatic N) is 2. The Morgan fingerprint density at radius 2 is 1.95 bits per heavy atom. The molecule has 1 heterocycles. The van der Waals surface area contributed by atoms with Crippen molar-refractivity contribution in [3.05, 3.63) is 47.5 Å². The van der Waals surface area contributed by atoms with Crippen LogP contribution in [0.3, 0.4) is 0 Å². The molecule has 0 bridgehead atoms. The molecule has 0 radical (unpaired) electrons. The number of carbonyl (C=O) groups excluding carboxylic acids is 1. The number of rotatable bonds is 3. The van der Waals surface area contributed by atoms with Gasteiger partial charge in [0, 0.05) is 6.20 Å². The molecular formula is C13H9FN2O3. The highest BCUT2D eigenvalue weighted by molar-refractivity contribution is 6.03. The Morgan fingerprint density at radius 3 is 2.53 bits per heavy atom. The van der Waals surface area contributed by atoms with Crippen LogP contribution in [0.25, 0.3) is 11.4 Å². The number of ketones is 1. The molecule has 2 rings (SSSR count). The van der Waals surface area contributed by atoms with Gasteiger partial charge in [0.15, 0.2) is 17.3 Å². The molecule has 6 heteroatoms. The summed E-state index contributed by atoms with van der Waals surface area (Å²) in [6.45, 7) is 1.22. The zero-order chi connectivity index (χ0) is 14.0. The Kier molecular flexibility index (Phi) is 3.33. The van der Waals surface area contributed by atoms with Gasteiger partial charge in [-0.2, -0.15) is 0 Å². The van der Waals surface area contributed by atoms with Gasteiger partial charge in [0.25, 0.3) is 0 Å². The fourth-order valence-electron chi connectivity index (χ4n) is 1.57. The van der Waals surface area contributed by atoms with Crippen LogP contribution in [0.4, 0.5) is 4.39 Å². The lowest BCUT2D eigenvalue weighted by Crippen LogP contribution is -2.11. The zero-order valence-electron chi connectivity index (χ0n) is 9.92. The Balaban J connectivity index is 2.62. The zero-order valence-corrected chi connectivity index (χ0v) is 9.92. The summed E-state index contributed by atoms with van der Waals surface area (Å²) in [4.78, 5) is 29.9. The number of carboxylic acid groups (broad SMARTS) is 1. The standard InChI is InChI=1S/C13H9FN2O3/c1-7(17)9-6-15-12(16-11(9)13(18)19)8-4-2-3-5-10(8)14/h2-6H,1H3,(H,18,19). The topological polar surface area (TPSA) is 80.2 Å². The van der Waals surface area contributed by atoms with Crippen molar-refractivity contribution in [3.8, 4) is 11.4 Å². The molecule has 0 fully saturated rings. The first-order valence-electron chi connectivity index (χ1n) is 5.37. The third-order valence-electron chi connectivity index (χ3n) is 2.49. The van der Waals surface area contributed by atoms with Crippen LogP contribution in [0.2, 0.25) is 0 Å². The van der Waals surface area contributed by atoms with Crippen LogP contribution in [0.5, 0.6) is 0 Å². The molecule has 0 aliphatic rings. The quantitative estimate of drug-likeness (QED) is 0.855. The molecule has 1 N–H and O–H groups in total. The maximum absolute atomic E-state index is 13.6. The van der Waals surface area contributed by atoms with E-state index in [1.54, 1.807) is 6.07 Å². The Morgan fingerprint density at radius 1 is 1.26 bits per heavy atom. The number of carboxylic acids is 1. The van der Waals surface area contributed by atoms with E-state index in [2.05, 4.69) is 9.97 Å². The van der Waals surface area contributed by atoms with E-state index in [9.17, 15) is 14.0 Å². The maximum Gasteiger partial charge on any atom is 0.355 e. The van der Waals surface area contributed by atoms with Gasteiger partial charge < -0.3 is 5.11 Å². The summed E-state index contributed by atoms with van der Waals surface area (Å²) in [5, 5.41) is 9.02. The first kappa shape index (κ1) is 12.8. The van der Waals surface area contributed by atoms with E-state index in [-0.39, 0.29) is 17.0 Å². The van der Waals surface area contributed by atoms with E-state index in [0.717, 1.165) is 6.20 Å². The van der Waals surface area contributed by atoms with Crippen LogP contribution in [0, 0.1) is 5.82 Å². The molecule has 0 aliphatic heterocycles. The van der Waals surface area contributed by atoms with E-state index in [0.29, 0.717) is 0 Å². The van der Waals surface area contributed by atoms with Crippen molar-refractivity contribution in [2.75, 3.05) is 0 Å². The third-order valence-corrected chi connectivity index (χ3v) is 2.49. The van der Waals surface area contributed by atoms with Crippen molar-refractivity contribution in [1.29, 1.82) is 0 Å². The molecule has 96 valence electrons. The fourth-order valence-corrected chi connectivity index (χ4v) is 1.57. The maximum atomic E-state index is 13.6. The number of halogens is 1. The minimum atomic E-state index is -1.36. The van der Waals surface area contributed by atoms with Crippen LogP contribution >= 0.6 is 0 Å². The van der Waals surface area contributed by atoms with Crippen molar-refractivity contribution in [2.45, 2.75) is 6.92 Å². The Labute approximate surface area is 107 Å². The lowest BCUT2D eigenvalue weighted by atomic mass is 10.1. The number of hydrogen-bond acceptors (Lipinski definition) is 4. The molecule has 0 aliphatic carbocycles. The molecule has 0 saturated heterocycles. The van der Waals surface area contributed by atoms with Crippen LogP contribution in [-0.4, -0.2) is 26.8 Å². The number of carbonyl (C=O) groups is 2. The highest BCUT2D eigenvalue weighted by atomic mass is 19.1. The minimum Gasteiger partial charge on any atom is -0.476 e. The van der Waals surface area contributed by atoms with E-state index >= 15 is 0 Å². The molecular weight excluding hydrogens is 251 g/mol. The van der Waals surface area contributed by atoms with Gasteiger partial charge in [0.05, 0.1) is 11.1 Å². The Hall–Kier alpha value is -2.63. The minimum absolute atomic E-state index is 0.0690. The van der Waals surface area contributed by atoms with Crippen molar-refractivity contribution in [2.24, 2.45) is 0 Å². The summed E-state index contributed by atoms with van der Waals surface area (Å²) < 4.78 is 13.6. The third kappa shape index (κ3) is 2.47. The van der Waals surface area contributed by atoms with Gasteiger partial charge in [-0.05, 0) is 19.1 Å². The van der Waals surface area contributed by atoms with E-state index < -0.39 is 23.3 Å². The first-order chi connectivity index (χ1) is 9.00. The van der Waals surface area contributed by atoms with Gasteiger partial charge >= 0.3 is 5.97 Å². The molecule has 0 spiro atoms. The molecule has 0 amide bonds. The summed E-state index contributed by atoms with van der Waals surface area (Å²) in [5.41, 5.74) is -0.451. The number of aromatic nitrogens is 2. The van der Waals surface area contributed by atoms with Gasteiger partial charge in [-0.3, -0.25) is 4.79 Å². The summed E-state index contributed by atoms with van der Waals surface area (Å²) in [7, 11) is 0. The van der Waals surface area contributed by atoms with Crippen molar-refractivity contribution in [3.63, 3.8) is 0 Å². The number of benzene rings is 1. The molecule has 0 unspecified atom stereocenters. The van der Waals surface area contributed by atoms with E-state index in [1.807, 2.05) is 0 Å². The van der Waals surface area contributed by atoms with Crippen molar-refractivity contribution >= 4 is 11.8 Å². The number of aromatic carboxylic acids is 1. The summed E-state index contributed by atoms with van der Waals surface area (Å²) >= 11 is 0. The Bertz CT molecular complexity index is 671.